The third-order valence-electron chi connectivity index (χ3n) is 3.87. The number of nitrogens with one attached hydrogen (secondary N) is 1. The van der Waals surface area contributed by atoms with Crippen LogP contribution in [0.4, 0.5) is 19.0 Å². The molecule has 1 aromatic heterocycles. The number of ether oxygens (including phenoxy) is 1. The summed E-state index contributed by atoms with van der Waals surface area (Å²) in [7, 11) is 0. The monoisotopic (exact) mass is 416 g/mol. The fraction of sp³-hybridized carbons (Fsp3) is 0.412. The van der Waals surface area contributed by atoms with Crippen molar-refractivity contribution in [1.82, 2.24) is 14.9 Å². The van der Waals surface area contributed by atoms with E-state index >= 15 is 0 Å². The molecule has 0 spiro atoms. The van der Waals surface area contributed by atoms with Gasteiger partial charge in [0.1, 0.15) is 24.7 Å². The van der Waals surface area contributed by atoms with Crippen molar-refractivity contribution in [3.05, 3.63) is 52.0 Å². The Morgan fingerprint density at radius 3 is 2.79 bits per heavy atom. The van der Waals surface area contributed by atoms with E-state index in [9.17, 15) is 33.2 Å². The molecule has 2 rings (SSSR count). The van der Waals surface area contributed by atoms with Crippen LogP contribution in [-0.2, 0) is 17.5 Å². The summed E-state index contributed by atoms with van der Waals surface area (Å²) in [5.74, 6) is -0.398. The summed E-state index contributed by atoms with van der Waals surface area (Å²) in [6.07, 6.45) is -4.42. The molecule has 0 saturated carbocycles. The Morgan fingerprint density at radius 1 is 1.45 bits per heavy atom. The Hall–Kier alpha value is -3.15. The summed E-state index contributed by atoms with van der Waals surface area (Å²) in [4.78, 5) is 25.6. The largest absolute Gasteiger partial charge is 0.491 e. The zero-order chi connectivity index (χ0) is 21.6. The first-order valence-electron chi connectivity index (χ1n) is 8.49. The van der Waals surface area contributed by atoms with E-state index in [2.05, 4.69) is 10.3 Å². The predicted molar refractivity (Wildman–Crippen MR) is 94.2 cm³/mol. The third kappa shape index (κ3) is 6.75. The zero-order valence-corrected chi connectivity index (χ0v) is 15.3. The number of carbonyl (C=O) groups excluding carboxylic acids is 1. The Morgan fingerprint density at radius 2 is 2.17 bits per heavy atom. The van der Waals surface area contributed by atoms with Gasteiger partial charge in [0.05, 0.1) is 5.56 Å². The lowest BCUT2D eigenvalue weighted by Crippen LogP contribution is -2.35. The Kier molecular flexibility index (Phi) is 7.15. The van der Waals surface area contributed by atoms with Crippen LogP contribution in [0.2, 0.25) is 0 Å². The highest BCUT2D eigenvalue weighted by molar-refractivity contribution is 5.75. The van der Waals surface area contributed by atoms with Gasteiger partial charge in [-0.15, -0.1) is 0 Å². The lowest BCUT2D eigenvalue weighted by atomic mass is 10.2. The molecule has 0 radical (unpaired) electrons. The average molecular weight is 416 g/mol. The maximum absolute atomic E-state index is 12.6. The van der Waals surface area contributed by atoms with Crippen LogP contribution < -0.4 is 10.1 Å². The molecule has 158 valence electrons. The molecule has 0 bridgehead atoms. The molecular formula is C17H19F3N4O5. The highest BCUT2D eigenvalue weighted by Gasteiger charge is 2.30. The van der Waals surface area contributed by atoms with Crippen molar-refractivity contribution in [2.24, 2.45) is 0 Å². The van der Waals surface area contributed by atoms with Gasteiger partial charge in [-0.2, -0.15) is 13.2 Å². The van der Waals surface area contributed by atoms with Crippen molar-refractivity contribution < 1.29 is 32.7 Å². The minimum absolute atomic E-state index is 0.00441. The van der Waals surface area contributed by atoms with Crippen molar-refractivity contribution >= 4 is 11.7 Å². The lowest BCUT2D eigenvalue weighted by molar-refractivity contribution is -0.389. The number of aliphatic hydroxyl groups is 1. The van der Waals surface area contributed by atoms with Crippen LogP contribution in [0.1, 0.15) is 17.8 Å². The molecule has 29 heavy (non-hydrogen) atoms. The number of hydrogen-bond acceptors (Lipinski definition) is 6. The molecule has 1 atom stereocenters. The summed E-state index contributed by atoms with van der Waals surface area (Å²) >= 11 is 0. The number of aromatic nitrogens is 2. The molecule has 0 fully saturated rings. The van der Waals surface area contributed by atoms with Crippen LogP contribution in [-0.4, -0.2) is 44.7 Å². The van der Waals surface area contributed by atoms with Crippen LogP contribution in [0.3, 0.4) is 0 Å². The van der Waals surface area contributed by atoms with Gasteiger partial charge in [0, 0.05) is 26.4 Å². The molecule has 0 aliphatic heterocycles. The third-order valence-corrected chi connectivity index (χ3v) is 3.87. The number of imidazole rings is 1. The van der Waals surface area contributed by atoms with Gasteiger partial charge in [-0.3, -0.25) is 4.79 Å². The summed E-state index contributed by atoms with van der Waals surface area (Å²) in [6.45, 7) is 1.25. The zero-order valence-electron chi connectivity index (χ0n) is 15.3. The number of alkyl halides is 3. The standard InChI is InChI=1S/C17H19F3N4O5/c1-11-22-15(24(27)28)9-23(11)6-5-16(26)21-8-13(25)10-29-14-4-2-3-12(7-14)17(18,19)20/h2-4,7,9,13,25H,5-6,8,10H2,1H3,(H,21,26). The molecular weight excluding hydrogens is 397 g/mol. The van der Waals surface area contributed by atoms with Crippen molar-refractivity contribution in [2.75, 3.05) is 13.2 Å². The smallest absolute Gasteiger partial charge is 0.416 e. The van der Waals surface area contributed by atoms with Crippen LogP contribution in [0, 0.1) is 17.0 Å². The minimum Gasteiger partial charge on any atom is -0.491 e. The van der Waals surface area contributed by atoms with E-state index in [1.807, 2.05) is 0 Å². The molecule has 1 amide bonds. The number of nitro groups is 1. The second-order valence-corrected chi connectivity index (χ2v) is 6.14. The first kappa shape index (κ1) is 22.1. The van der Waals surface area contributed by atoms with Crippen molar-refractivity contribution in [1.29, 1.82) is 0 Å². The molecule has 0 aliphatic rings. The number of amides is 1. The van der Waals surface area contributed by atoms with Crippen molar-refractivity contribution in [3.63, 3.8) is 0 Å². The second-order valence-electron chi connectivity index (χ2n) is 6.14. The van der Waals surface area contributed by atoms with E-state index in [1.165, 1.54) is 22.9 Å². The number of hydrogen-bond donors (Lipinski definition) is 2. The van der Waals surface area contributed by atoms with Gasteiger partial charge in [-0.25, -0.2) is 0 Å². The van der Waals surface area contributed by atoms with Gasteiger partial charge < -0.3 is 29.8 Å². The van der Waals surface area contributed by atoms with Crippen molar-refractivity contribution in [3.8, 4) is 5.75 Å². The van der Waals surface area contributed by atoms with Crippen LogP contribution in [0.15, 0.2) is 30.5 Å². The molecule has 0 aliphatic carbocycles. The summed E-state index contributed by atoms with van der Waals surface area (Å²) in [5.41, 5.74) is -0.868. The SMILES string of the molecule is Cc1nc([N+](=O)[O-])cn1CCC(=O)NCC(O)COc1cccc(C(F)(F)F)c1. The van der Waals surface area contributed by atoms with E-state index in [4.69, 9.17) is 4.74 Å². The molecule has 9 nitrogen and oxygen atoms in total. The molecule has 1 heterocycles. The Labute approximate surface area is 163 Å². The minimum atomic E-state index is -4.50. The highest BCUT2D eigenvalue weighted by atomic mass is 19.4. The van der Waals surface area contributed by atoms with Gasteiger partial charge in [-0.05, 0) is 28.1 Å². The van der Waals surface area contributed by atoms with E-state index < -0.39 is 28.7 Å². The summed E-state index contributed by atoms with van der Waals surface area (Å²) in [6, 6.07) is 4.24. The lowest BCUT2D eigenvalue weighted by Gasteiger charge is -2.14. The van der Waals surface area contributed by atoms with Crippen LogP contribution >= 0.6 is 0 Å². The van der Waals surface area contributed by atoms with Gasteiger partial charge >= 0.3 is 12.0 Å². The van der Waals surface area contributed by atoms with Gasteiger partial charge in [0.25, 0.3) is 0 Å². The van der Waals surface area contributed by atoms with Gasteiger partial charge in [0.2, 0.25) is 11.7 Å². The second kappa shape index (κ2) is 9.37. The number of halogens is 3. The first-order chi connectivity index (χ1) is 13.6. The number of benzene rings is 1. The maximum Gasteiger partial charge on any atom is 0.416 e. The average Bonchev–Trinajstić information content (AvgIpc) is 3.03. The molecule has 0 saturated heterocycles. The number of nitrogens with zero attached hydrogens (tertiary/aromatic N) is 3. The van der Waals surface area contributed by atoms with E-state index in [0.717, 1.165) is 12.1 Å². The molecule has 1 aromatic carbocycles. The van der Waals surface area contributed by atoms with E-state index in [-0.39, 0.29) is 37.7 Å². The molecule has 1 unspecified atom stereocenters. The number of aryl methyl sites for hydroxylation is 2. The number of aliphatic hydroxyl groups excluding tert-OH is 1. The molecule has 12 heteroatoms. The summed E-state index contributed by atoms with van der Waals surface area (Å²) < 4.78 is 44.5. The number of rotatable bonds is 9. The fourth-order valence-electron chi connectivity index (χ4n) is 2.36. The fourth-order valence-corrected chi connectivity index (χ4v) is 2.36. The summed E-state index contributed by atoms with van der Waals surface area (Å²) in [5, 5.41) is 23.0. The Bertz CT molecular complexity index is 869. The van der Waals surface area contributed by atoms with E-state index in [1.54, 1.807) is 6.92 Å². The van der Waals surface area contributed by atoms with Gasteiger partial charge in [-0.1, -0.05) is 6.07 Å². The molecule has 2 N–H and O–H groups in total. The Balaban J connectivity index is 1.74. The van der Waals surface area contributed by atoms with Gasteiger partial charge in [0.15, 0.2) is 0 Å². The number of carbonyl (C=O) groups is 1. The maximum atomic E-state index is 12.6. The quantitative estimate of drug-likeness (QED) is 0.477. The first-order valence-corrected chi connectivity index (χ1v) is 8.49. The van der Waals surface area contributed by atoms with Crippen molar-refractivity contribution in [2.45, 2.75) is 32.2 Å². The highest BCUT2D eigenvalue weighted by Crippen LogP contribution is 2.31. The van der Waals surface area contributed by atoms with Crippen LogP contribution in [0.5, 0.6) is 5.75 Å². The topological polar surface area (TPSA) is 120 Å². The predicted octanol–water partition coefficient (Wildman–Crippen LogP) is 2.06. The molecule has 2 aromatic rings. The van der Waals surface area contributed by atoms with Crippen LogP contribution in [0.25, 0.3) is 0 Å². The normalized spacial score (nSPS) is 12.4. The van der Waals surface area contributed by atoms with E-state index in [0.29, 0.717) is 5.82 Å².